The molecule has 0 saturated carbocycles. The van der Waals surface area contributed by atoms with Crippen LogP contribution in [0.3, 0.4) is 0 Å². The van der Waals surface area contributed by atoms with Gasteiger partial charge in [-0.15, -0.1) is 0 Å². The lowest BCUT2D eigenvalue weighted by Crippen LogP contribution is -2.39. The van der Waals surface area contributed by atoms with Gasteiger partial charge in [0.2, 0.25) is 5.82 Å². The van der Waals surface area contributed by atoms with Gasteiger partial charge in [-0.1, -0.05) is 35.5 Å². The number of aromatic nitrogens is 2. The van der Waals surface area contributed by atoms with Crippen molar-refractivity contribution in [1.29, 1.82) is 0 Å². The van der Waals surface area contributed by atoms with E-state index in [2.05, 4.69) is 71.7 Å². The molecule has 4 rings (SSSR count). The molecule has 0 bridgehead atoms. The normalized spacial score (nSPS) is 14.4. The highest BCUT2D eigenvalue weighted by Crippen LogP contribution is 2.37. The number of likely N-dealkylation sites (tertiary alicyclic amines) is 1. The van der Waals surface area contributed by atoms with Crippen molar-refractivity contribution in [1.82, 2.24) is 20.5 Å². The van der Waals surface area contributed by atoms with Gasteiger partial charge in [0.05, 0.1) is 14.5 Å². The second-order valence-electron chi connectivity index (χ2n) is 10.1. The second kappa shape index (κ2) is 12.4. The highest BCUT2D eigenvalue weighted by Gasteiger charge is 2.28. The Labute approximate surface area is 238 Å². The van der Waals surface area contributed by atoms with Crippen molar-refractivity contribution < 1.29 is 23.7 Å². The zero-order valence-electron chi connectivity index (χ0n) is 21.5. The molecule has 1 aromatic heterocycles. The van der Waals surface area contributed by atoms with Gasteiger partial charge in [-0.25, -0.2) is 5.48 Å². The molecule has 0 radical (unpaired) electrons. The Morgan fingerprint density at radius 1 is 1.11 bits per heavy atom. The van der Waals surface area contributed by atoms with Gasteiger partial charge in [0.15, 0.2) is 6.61 Å². The van der Waals surface area contributed by atoms with Gasteiger partial charge in [-0.05, 0) is 95.5 Å². The first-order chi connectivity index (χ1) is 18.1. The maximum absolute atomic E-state index is 13.0. The summed E-state index contributed by atoms with van der Waals surface area (Å²) in [5, 5.41) is 4.01. The first-order valence-electron chi connectivity index (χ1n) is 12.3. The molecule has 1 fully saturated rings. The molecule has 0 unspecified atom stereocenters. The molecule has 9 nitrogen and oxygen atoms in total. The van der Waals surface area contributed by atoms with Crippen molar-refractivity contribution >= 4 is 43.7 Å². The monoisotopic (exact) mass is 648 g/mol. The van der Waals surface area contributed by atoms with Crippen molar-refractivity contribution in [2.24, 2.45) is 5.92 Å². The van der Waals surface area contributed by atoms with E-state index in [1.807, 2.05) is 26.8 Å². The molecule has 1 aliphatic rings. The summed E-state index contributed by atoms with van der Waals surface area (Å²) in [5.41, 5.74) is 3.78. The van der Waals surface area contributed by atoms with Gasteiger partial charge in [-0.3, -0.25) is 14.4 Å². The van der Waals surface area contributed by atoms with Crippen LogP contribution in [0.15, 0.2) is 55.9 Å². The van der Waals surface area contributed by atoms with E-state index in [-0.39, 0.29) is 24.2 Å². The van der Waals surface area contributed by atoms with Crippen LogP contribution >= 0.6 is 31.9 Å². The molecule has 0 atom stereocenters. The number of piperidine rings is 1. The number of benzene rings is 2. The molecule has 2 aromatic carbocycles. The number of nitrogens with zero attached hydrogens (tertiary/aromatic N) is 3. The predicted molar refractivity (Wildman–Crippen MR) is 148 cm³/mol. The highest BCUT2D eigenvalue weighted by atomic mass is 79.9. The summed E-state index contributed by atoms with van der Waals surface area (Å²) in [6.07, 6.45) is 2.89. The van der Waals surface area contributed by atoms with Crippen LogP contribution in [0.1, 0.15) is 49.9 Å². The number of hydrogen-bond acceptors (Lipinski definition) is 7. The summed E-state index contributed by atoms with van der Waals surface area (Å²) in [4.78, 5) is 36.4. The van der Waals surface area contributed by atoms with Crippen LogP contribution in [0, 0.1) is 5.92 Å². The SMILES string of the molecule is CC(C)(C)ONC(=O)COc1c(Br)cc(-c2noc(C(=O)N3CCC(Cc4ccccc4)CC3)n2)cc1Br. The minimum Gasteiger partial charge on any atom is -0.481 e. The van der Waals surface area contributed by atoms with Crippen LogP contribution in [-0.2, 0) is 16.1 Å². The fourth-order valence-electron chi connectivity index (χ4n) is 4.05. The lowest BCUT2D eigenvalue weighted by atomic mass is 9.90. The Balaban J connectivity index is 1.34. The molecular formula is C27H30Br2N4O5. The fourth-order valence-corrected chi connectivity index (χ4v) is 5.47. The van der Waals surface area contributed by atoms with Crippen molar-refractivity contribution in [3.8, 4) is 17.1 Å². The molecule has 0 spiro atoms. The summed E-state index contributed by atoms with van der Waals surface area (Å²) in [6, 6.07) is 13.9. The van der Waals surface area contributed by atoms with Crippen LogP contribution in [0.25, 0.3) is 11.4 Å². The van der Waals surface area contributed by atoms with E-state index < -0.39 is 11.5 Å². The third-order valence-corrected chi connectivity index (χ3v) is 7.13. The molecule has 1 aliphatic heterocycles. The Kier molecular flexibility index (Phi) is 9.22. The van der Waals surface area contributed by atoms with Crippen LogP contribution in [0.4, 0.5) is 0 Å². The summed E-state index contributed by atoms with van der Waals surface area (Å²) >= 11 is 6.93. The third-order valence-electron chi connectivity index (χ3n) is 5.95. The summed E-state index contributed by atoms with van der Waals surface area (Å²) in [7, 11) is 0. The Morgan fingerprint density at radius 2 is 1.76 bits per heavy atom. The molecule has 0 aliphatic carbocycles. The molecule has 2 amide bonds. The predicted octanol–water partition coefficient (Wildman–Crippen LogP) is 5.58. The van der Waals surface area contributed by atoms with Crippen molar-refractivity contribution in [3.05, 3.63) is 62.9 Å². The second-order valence-corrected chi connectivity index (χ2v) is 11.9. The van der Waals surface area contributed by atoms with E-state index in [4.69, 9.17) is 14.1 Å². The maximum Gasteiger partial charge on any atom is 0.316 e. The number of carbonyl (C=O) groups excluding carboxylic acids is 2. The van der Waals surface area contributed by atoms with Crippen molar-refractivity contribution in [3.63, 3.8) is 0 Å². The van der Waals surface area contributed by atoms with Crippen molar-refractivity contribution in [2.45, 2.75) is 45.6 Å². The van der Waals surface area contributed by atoms with E-state index >= 15 is 0 Å². The minimum absolute atomic E-state index is 0.0374. The standard InChI is InChI=1S/C27H30Br2N4O5/c1-27(2,3)38-31-22(34)16-36-23-20(28)14-19(15-21(23)29)24-30-25(37-32-24)26(35)33-11-9-18(10-12-33)13-17-7-5-4-6-8-17/h4-8,14-15,18H,9-13,16H2,1-3H3,(H,31,34). The van der Waals surface area contributed by atoms with E-state index in [0.717, 1.165) is 19.3 Å². The van der Waals surface area contributed by atoms with Crippen LogP contribution in [0.5, 0.6) is 5.75 Å². The number of halogens is 2. The molecule has 1 saturated heterocycles. The van der Waals surface area contributed by atoms with Gasteiger partial charge in [-0.2, -0.15) is 4.98 Å². The van der Waals surface area contributed by atoms with E-state index in [1.165, 1.54) is 5.56 Å². The van der Waals surface area contributed by atoms with Crippen LogP contribution < -0.4 is 10.2 Å². The van der Waals surface area contributed by atoms with Crippen LogP contribution in [-0.4, -0.2) is 52.2 Å². The van der Waals surface area contributed by atoms with Gasteiger partial charge in [0.25, 0.3) is 5.91 Å². The zero-order chi connectivity index (χ0) is 27.3. The number of amides is 2. The Morgan fingerprint density at radius 3 is 2.39 bits per heavy atom. The number of ether oxygens (including phenoxy) is 1. The third kappa shape index (κ3) is 7.64. The smallest absolute Gasteiger partial charge is 0.316 e. The lowest BCUT2D eigenvalue weighted by Gasteiger charge is -2.31. The maximum atomic E-state index is 13.0. The zero-order valence-corrected chi connectivity index (χ0v) is 24.7. The first-order valence-corrected chi connectivity index (χ1v) is 13.9. The summed E-state index contributed by atoms with van der Waals surface area (Å²) in [6.45, 7) is 6.55. The topological polar surface area (TPSA) is 107 Å². The van der Waals surface area contributed by atoms with E-state index in [1.54, 1.807) is 17.0 Å². The van der Waals surface area contributed by atoms with Gasteiger partial charge in [0, 0.05) is 18.7 Å². The average molecular weight is 650 g/mol. The van der Waals surface area contributed by atoms with Gasteiger partial charge < -0.3 is 14.2 Å². The fraction of sp³-hybridized carbons (Fsp3) is 0.407. The Bertz CT molecular complexity index is 1240. The summed E-state index contributed by atoms with van der Waals surface area (Å²) < 4.78 is 12.1. The van der Waals surface area contributed by atoms with Gasteiger partial charge in [0.1, 0.15) is 5.75 Å². The van der Waals surface area contributed by atoms with Gasteiger partial charge >= 0.3 is 11.8 Å². The van der Waals surface area contributed by atoms with E-state index in [9.17, 15) is 9.59 Å². The molecule has 1 N–H and O–H groups in total. The molecular weight excluding hydrogens is 620 g/mol. The summed E-state index contributed by atoms with van der Waals surface area (Å²) in [5.74, 6) is 0.530. The lowest BCUT2D eigenvalue weighted by molar-refractivity contribution is -0.147. The molecule has 202 valence electrons. The number of hydroxylamine groups is 1. The van der Waals surface area contributed by atoms with Crippen LogP contribution in [0.2, 0.25) is 0 Å². The Hall–Kier alpha value is -2.76. The molecule has 38 heavy (non-hydrogen) atoms. The number of carbonyl (C=O) groups is 2. The number of nitrogens with one attached hydrogen (secondary N) is 1. The quantitative estimate of drug-likeness (QED) is 0.318. The molecule has 11 heteroatoms. The highest BCUT2D eigenvalue weighted by molar-refractivity contribution is 9.11. The first kappa shape index (κ1) is 28.3. The minimum atomic E-state index is -0.512. The average Bonchev–Trinajstić information content (AvgIpc) is 3.38. The van der Waals surface area contributed by atoms with Crippen molar-refractivity contribution in [2.75, 3.05) is 19.7 Å². The van der Waals surface area contributed by atoms with E-state index in [0.29, 0.717) is 39.3 Å². The largest absolute Gasteiger partial charge is 0.481 e. The number of rotatable bonds is 8. The molecule has 2 heterocycles. The molecule has 3 aromatic rings. The number of hydrogen-bond donors (Lipinski definition) is 1.